The zero-order chi connectivity index (χ0) is 19.4. The Bertz CT molecular complexity index is 790. The van der Waals surface area contributed by atoms with E-state index < -0.39 is 28.0 Å². The SMILES string of the molecule is O=C(NS(=O)(=O)Oc1ccc(Cl)cc1F)OC[C@H]1CCCN2CCCC[C@@H]12. The van der Waals surface area contributed by atoms with Gasteiger partial charge in [0.05, 0.1) is 6.61 Å². The quantitative estimate of drug-likeness (QED) is 0.787. The lowest BCUT2D eigenvalue weighted by atomic mass is 9.84. The lowest BCUT2D eigenvalue weighted by Gasteiger charge is -2.44. The molecule has 7 nitrogen and oxygen atoms in total. The number of benzene rings is 1. The number of halogens is 2. The molecule has 2 atom stereocenters. The van der Waals surface area contributed by atoms with E-state index >= 15 is 0 Å². The number of fused-ring (bicyclic) bond motifs is 1. The van der Waals surface area contributed by atoms with E-state index in [4.69, 9.17) is 16.3 Å². The number of carbonyl (C=O) groups excluding carboxylic acids is 1. The van der Waals surface area contributed by atoms with Gasteiger partial charge in [0.1, 0.15) is 0 Å². The van der Waals surface area contributed by atoms with Gasteiger partial charge in [-0.1, -0.05) is 18.0 Å². The van der Waals surface area contributed by atoms with Gasteiger partial charge in [-0.3, -0.25) is 4.90 Å². The summed E-state index contributed by atoms with van der Waals surface area (Å²) in [5.41, 5.74) is 0. The van der Waals surface area contributed by atoms with Crippen LogP contribution in [0.25, 0.3) is 0 Å². The Morgan fingerprint density at radius 2 is 2.04 bits per heavy atom. The predicted octanol–water partition coefficient (Wildman–Crippen LogP) is 3.09. The first-order valence-electron chi connectivity index (χ1n) is 8.92. The summed E-state index contributed by atoms with van der Waals surface area (Å²) < 4.78 is 48.7. The zero-order valence-electron chi connectivity index (χ0n) is 14.7. The molecule has 3 rings (SSSR count). The van der Waals surface area contributed by atoms with E-state index in [9.17, 15) is 17.6 Å². The summed E-state index contributed by atoms with van der Waals surface area (Å²) in [6.07, 6.45) is 4.22. The average Bonchev–Trinajstić information content (AvgIpc) is 2.62. The third kappa shape index (κ3) is 5.46. The van der Waals surface area contributed by atoms with Crippen molar-refractivity contribution in [1.29, 1.82) is 0 Å². The summed E-state index contributed by atoms with van der Waals surface area (Å²) in [4.78, 5) is 14.3. The zero-order valence-corrected chi connectivity index (χ0v) is 16.3. The van der Waals surface area contributed by atoms with E-state index in [1.807, 2.05) is 0 Å². The Morgan fingerprint density at radius 1 is 1.26 bits per heavy atom. The summed E-state index contributed by atoms with van der Waals surface area (Å²) in [5.74, 6) is -1.34. The van der Waals surface area contributed by atoms with Crippen LogP contribution in [0.15, 0.2) is 18.2 Å². The first-order chi connectivity index (χ1) is 12.8. The Morgan fingerprint density at radius 3 is 2.81 bits per heavy atom. The van der Waals surface area contributed by atoms with Gasteiger partial charge in [0.15, 0.2) is 11.6 Å². The van der Waals surface area contributed by atoms with Crippen LogP contribution in [-0.2, 0) is 15.0 Å². The Labute approximate surface area is 163 Å². The Balaban J connectivity index is 1.52. The van der Waals surface area contributed by atoms with Crippen LogP contribution in [0.4, 0.5) is 9.18 Å². The molecular weight excluding hydrogens is 399 g/mol. The normalized spacial score (nSPS) is 23.3. The highest BCUT2D eigenvalue weighted by Crippen LogP contribution is 2.31. The van der Waals surface area contributed by atoms with Crippen molar-refractivity contribution in [2.24, 2.45) is 5.92 Å². The molecule has 0 bridgehead atoms. The molecule has 1 aromatic rings. The van der Waals surface area contributed by atoms with Crippen LogP contribution in [0, 0.1) is 11.7 Å². The van der Waals surface area contributed by atoms with Crippen LogP contribution in [0.3, 0.4) is 0 Å². The van der Waals surface area contributed by atoms with Gasteiger partial charge in [-0.2, -0.15) is 13.1 Å². The number of nitrogens with zero attached hydrogens (tertiary/aromatic N) is 1. The average molecular weight is 421 g/mol. The van der Waals surface area contributed by atoms with E-state index in [2.05, 4.69) is 9.08 Å². The van der Waals surface area contributed by atoms with Crippen molar-refractivity contribution in [1.82, 2.24) is 9.62 Å². The molecule has 2 heterocycles. The van der Waals surface area contributed by atoms with Gasteiger partial charge in [-0.25, -0.2) is 9.18 Å². The number of nitrogens with one attached hydrogen (secondary N) is 1. The summed E-state index contributed by atoms with van der Waals surface area (Å²) in [7, 11) is -4.56. The molecule has 1 amide bonds. The fourth-order valence-electron chi connectivity index (χ4n) is 3.77. The highest BCUT2D eigenvalue weighted by Gasteiger charge is 2.34. The maximum atomic E-state index is 13.6. The van der Waals surface area contributed by atoms with Gasteiger partial charge in [-0.05, 0) is 57.0 Å². The minimum absolute atomic E-state index is 0.0915. The molecule has 150 valence electrons. The Kier molecular flexibility index (Phi) is 6.44. The molecule has 2 saturated heterocycles. The fourth-order valence-corrected chi connectivity index (χ4v) is 4.60. The summed E-state index contributed by atoms with van der Waals surface area (Å²) in [6.45, 7) is 2.25. The van der Waals surface area contributed by atoms with E-state index in [0.717, 1.165) is 50.9 Å². The van der Waals surface area contributed by atoms with E-state index in [1.165, 1.54) is 12.5 Å². The maximum absolute atomic E-state index is 13.6. The van der Waals surface area contributed by atoms with Crippen molar-refractivity contribution in [2.75, 3.05) is 19.7 Å². The van der Waals surface area contributed by atoms with Gasteiger partial charge in [-0.15, -0.1) is 0 Å². The second kappa shape index (κ2) is 8.62. The Hall–Kier alpha value is -1.58. The lowest BCUT2D eigenvalue weighted by Crippen LogP contribution is -2.49. The van der Waals surface area contributed by atoms with Gasteiger partial charge in [0.25, 0.3) is 0 Å². The topological polar surface area (TPSA) is 84.9 Å². The van der Waals surface area contributed by atoms with Gasteiger partial charge >= 0.3 is 16.4 Å². The molecule has 2 aliphatic rings. The van der Waals surface area contributed by atoms with Crippen LogP contribution in [0.2, 0.25) is 5.02 Å². The molecular formula is C17H22ClFN2O5S. The molecule has 1 aromatic carbocycles. The minimum atomic E-state index is -4.56. The number of carbonyl (C=O) groups is 1. The number of piperidine rings is 2. The second-order valence-corrected chi connectivity index (χ2v) is 8.53. The number of hydrogen-bond acceptors (Lipinski definition) is 6. The molecule has 2 aliphatic heterocycles. The molecule has 1 N–H and O–H groups in total. The third-order valence-corrected chi connectivity index (χ3v) is 6.01. The molecule has 0 aromatic heterocycles. The molecule has 2 fully saturated rings. The predicted molar refractivity (Wildman–Crippen MR) is 97.4 cm³/mol. The van der Waals surface area contributed by atoms with Crippen LogP contribution in [0.1, 0.15) is 32.1 Å². The first-order valence-corrected chi connectivity index (χ1v) is 10.7. The van der Waals surface area contributed by atoms with Crippen LogP contribution < -0.4 is 8.91 Å². The van der Waals surface area contributed by atoms with Crippen LogP contribution in [0.5, 0.6) is 5.75 Å². The largest absolute Gasteiger partial charge is 0.448 e. The van der Waals surface area contributed by atoms with Crippen LogP contribution >= 0.6 is 11.6 Å². The number of rotatable bonds is 5. The standard InChI is InChI=1S/C17H22ClFN2O5S/c18-13-6-7-16(14(19)10-13)26-27(23,24)20-17(22)25-11-12-4-3-9-21-8-2-1-5-15(12)21/h6-7,10,12,15H,1-5,8-9,11H2,(H,20,22)/t12-,15+/m1/s1. The van der Waals surface area contributed by atoms with E-state index in [1.54, 1.807) is 4.72 Å². The summed E-state index contributed by atoms with van der Waals surface area (Å²) >= 11 is 5.60. The lowest BCUT2D eigenvalue weighted by molar-refractivity contribution is 0.0244. The molecule has 27 heavy (non-hydrogen) atoms. The van der Waals surface area contributed by atoms with Crippen molar-refractivity contribution in [3.05, 3.63) is 29.0 Å². The van der Waals surface area contributed by atoms with Gasteiger partial charge < -0.3 is 8.92 Å². The van der Waals surface area contributed by atoms with E-state index in [0.29, 0.717) is 6.04 Å². The van der Waals surface area contributed by atoms with Crippen molar-refractivity contribution in [3.63, 3.8) is 0 Å². The third-order valence-electron chi connectivity index (χ3n) is 4.96. The molecule has 0 radical (unpaired) electrons. The maximum Gasteiger partial charge on any atom is 0.423 e. The summed E-state index contributed by atoms with van der Waals surface area (Å²) in [6, 6.07) is 3.61. The van der Waals surface area contributed by atoms with Crippen molar-refractivity contribution >= 4 is 28.0 Å². The number of ether oxygens (including phenoxy) is 1. The monoisotopic (exact) mass is 420 g/mol. The second-order valence-electron chi connectivity index (χ2n) is 6.81. The highest BCUT2D eigenvalue weighted by molar-refractivity contribution is 7.85. The smallest absolute Gasteiger partial charge is 0.423 e. The molecule has 0 saturated carbocycles. The first kappa shape index (κ1) is 20.2. The van der Waals surface area contributed by atoms with Gasteiger partial charge in [0, 0.05) is 17.0 Å². The van der Waals surface area contributed by atoms with E-state index in [-0.39, 0.29) is 17.5 Å². The molecule has 0 spiro atoms. The fraction of sp³-hybridized carbons (Fsp3) is 0.588. The number of amides is 1. The van der Waals surface area contributed by atoms with Crippen LogP contribution in [-0.4, -0.2) is 45.1 Å². The molecule has 0 aliphatic carbocycles. The summed E-state index contributed by atoms with van der Waals surface area (Å²) in [5, 5.41) is 0.0915. The highest BCUT2D eigenvalue weighted by atomic mass is 35.5. The van der Waals surface area contributed by atoms with Gasteiger partial charge in [0.2, 0.25) is 0 Å². The molecule has 0 unspecified atom stereocenters. The minimum Gasteiger partial charge on any atom is -0.448 e. The molecule has 10 heteroatoms. The number of hydrogen-bond donors (Lipinski definition) is 1. The van der Waals surface area contributed by atoms with Crippen molar-refractivity contribution in [2.45, 2.75) is 38.1 Å². The van der Waals surface area contributed by atoms with Crippen molar-refractivity contribution < 1.29 is 26.5 Å². The van der Waals surface area contributed by atoms with Crippen molar-refractivity contribution in [3.8, 4) is 5.75 Å².